The summed E-state index contributed by atoms with van der Waals surface area (Å²) in [5.41, 5.74) is 7.52. The fraction of sp³-hybridized carbons (Fsp3) is 0.571. The Balaban J connectivity index is 2.29. The van der Waals surface area contributed by atoms with E-state index in [9.17, 15) is 4.39 Å². The number of hydrogen-bond donors (Lipinski definition) is 1. The molecule has 0 saturated carbocycles. The van der Waals surface area contributed by atoms with Gasteiger partial charge in [0.2, 0.25) is 0 Å². The molecule has 2 rings (SSSR count). The van der Waals surface area contributed by atoms with Crippen LogP contribution in [-0.4, -0.2) is 13.1 Å². The van der Waals surface area contributed by atoms with Crippen LogP contribution in [0.4, 0.5) is 10.1 Å². The van der Waals surface area contributed by atoms with Gasteiger partial charge in [-0.3, -0.25) is 0 Å². The molecule has 0 radical (unpaired) electrons. The fourth-order valence-corrected chi connectivity index (χ4v) is 2.64. The van der Waals surface area contributed by atoms with Gasteiger partial charge in [0.25, 0.3) is 0 Å². The van der Waals surface area contributed by atoms with Crippen LogP contribution >= 0.6 is 0 Å². The monoisotopic (exact) mass is 236 g/mol. The van der Waals surface area contributed by atoms with E-state index in [2.05, 4.69) is 11.8 Å². The number of rotatable bonds is 3. The first-order chi connectivity index (χ1) is 8.13. The van der Waals surface area contributed by atoms with Crippen LogP contribution in [0.1, 0.15) is 38.3 Å². The van der Waals surface area contributed by atoms with Crippen molar-refractivity contribution in [1.82, 2.24) is 0 Å². The average molecular weight is 236 g/mol. The molecule has 1 aliphatic rings. The highest BCUT2D eigenvalue weighted by Gasteiger charge is 2.24. The minimum atomic E-state index is -0.258. The summed E-state index contributed by atoms with van der Waals surface area (Å²) >= 11 is 0. The lowest BCUT2D eigenvalue weighted by Gasteiger charge is -2.24. The van der Waals surface area contributed by atoms with Gasteiger partial charge in [-0.2, -0.15) is 0 Å². The van der Waals surface area contributed by atoms with Crippen LogP contribution in [-0.2, 0) is 0 Å². The first-order valence-corrected chi connectivity index (χ1v) is 6.42. The van der Waals surface area contributed by atoms with Crippen molar-refractivity contribution in [3.63, 3.8) is 0 Å². The standard InChI is InChI=1S/C14H21FN2/c1-3-11-7-8-17(9-11)13-6-4-5-12(15)14(13)10(2)16/h4-6,10-11H,3,7-9,16H2,1-2H3/t10-,11?/m0/s1. The van der Waals surface area contributed by atoms with Crippen LogP contribution in [0.5, 0.6) is 0 Å². The predicted molar refractivity (Wildman–Crippen MR) is 69.6 cm³/mol. The van der Waals surface area contributed by atoms with Gasteiger partial charge in [-0.05, 0) is 31.4 Å². The molecule has 0 bridgehead atoms. The Hall–Kier alpha value is -1.09. The third-order valence-corrected chi connectivity index (χ3v) is 3.69. The van der Waals surface area contributed by atoms with E-state index in [-0.39, 0.29) is 11.9 Å². The summed E-state index contributed by atoms with van der Waals surface area (Å²) in [5.74, 6) is 0.552. The Morgan fingerprint density at radius 1 is 1.53 bits per heavy atom. The van der Waals surface area contributed by atoms with Crippen molar-refractivity contribution in [3.05, 3.63) is 29.6 Å². The molecule has 1 aromatic carbocycles. The number of halogens is 1. The SMILES string of the molecule is CCC1CCN(c2cccc(F)c2[C@H](C)N)C1. The van der Waals surface area contributed by atoms with Gasteiger partial charge in [0.15, 0.2) is 0 Å². The first kappa shape index (κ1) is 12.4. The largest absolute Gasteiger partial charge is 0.371 e. The normalized spacial score (nSPS) is 21.9. The zero-order valence-corrected chi connectivity index (χ0v) is 10.6. The summed E-state index contributed by atoms with van der Waals surface area (Å²) in [6.45, 7) is 6.10. The minimum Gasteiger partial charge on any atom is -0.371 e. The van der Waals surface area contributed by atoms with Crippen LogP contribution in [0.25, 0.3) is 0 Å². The highest BCUT2D eigenvalue weighted by molar-refractivity contribution is 5.56. The molecule has 0 aromatic heterocycles. The smallest absolute Gasteiger partial charge is 0.130 e. The Kier molecular flexibility index (Phi) is 3.67. The van der Waals surface area contributed by atoms with Crippen LogP contribution < -0.4 is 10.6 Å². The maximum Gasteiger partial charge on any atom is 0.130 e. The maximum absolute atomic E-state index is 13.8. The van der Waals surface area contributed by atoms with Crippen molar-refractivity contribution in [2.75, 3.05) is 18.0 Å². The van der Waals surface area contributed by atoms with Crippen molar-refractivity contribution < 1.29 is 4.39 Å². The molecule has 17 heavy (non-hydrogen) atoms. The number of hydrogen-bond acceptors (Lipinski definition) is 2. The van der Waals surface area contributed by atoms with E-state index in [1.54, 1.807) is 6.07 Å². The molecule has 0 spiro atoms. The lowest BCUT2D eigenvalue weighted by Crippen LogP contribution is -2.23. The van der Waals surface area contributed by atoms with Crippen molar-refractivity contribution in [2.45, 2.75) is 32.7 Å². The molecule has 1 heterocycles. The predicted octanol–water partition coefficient (Wildman–Crippen LogP) is 3.08. The van der Waals surface area contributed by atoms with Gasteiger partial charge in [-0.1, -0.05) is 19.4 Å². The molecular formula is C14H21FN2. The summed E-state index contributed by atoms with van der Waals surface area (Å²) in [7, 11) is 0. The maximum atomic E-state index is 13.8. The van der Waals surface area contributed by atoms with Gasteiger partial charge in [0.1, 0.15) is 5.82 Å². The topological polar surface area (TPSA) is 29.3 Å². The molecule has 3 heteroatoms. The second-order valence-electron chi connectivity index (χ2n) is 4.97. The minimum absolute atomic E-state index is 0.183. The first-order valence-electron chi connectivity index (χ1n) is 6.42. The molecule has 1 unspecified atom stereocenters. The molecular weight excluding hydrogens is 215 g/mol. The van der Waals surface area contributed by atoms with E-state index in [0.717, 1.165) is 24.7 Å². The number of anilines is 1. The van der Waals surface area contributed by atoms with Gasteiger partial charge in [0.05, 0.1) is 0 Å². The Morgan fingerprint density at radius 2 is 2.29 bits per heavy atom. The lowest BCUT2D eigenvalue weighted by molar-refractivity contribution is 0.567. The number of nitrogens with two attached hydrogens (primary N) is 1. The molecule has 1 aromatic rings. The molecule has 1 aliphatic heterocycles. The van der Waals surface area contributed by atoms with Gasteiger partial charge in [-0.25, -0.2) is 4.39 Å². The van der Waals surface area contributed by atoms with Crippen molar-refractivity contribution >= 4 is 5.69 Å². The van der Waals surface area contributed by atoms with Gasteiger partial charge < -0.3 is 10.6 Å². The summed E-state index contributed by atoms with van der Waals surface area (Å²) < 4.78 is 13.8. The van der Waals surface area contributed by atoms with Gasteiger partial charge >= 0.3 is 0 Å². The summed E-state index contributed by atoms with van der Waals surface area (Å²) in [4.78, 5) is 2.27. The van der Waals surface area contributed by atoms with Crippen LogP contribution in [0, 0.1) is 11.7 Å². The molecule has 0 aliphatic carbocycles. The third-order valence-electron chi connectivity index (χ3n) is 3.69. The molecule has 2 nitrogen and oxygen atoms in total. The summed E-state index contributed by atoms with van der Waals surface area (Å²) in [6.07, 6.45) is 2.39. The van der Waals surface area contributed by atoms with Crippen LogP contribution in [0.2, 0.25) is 0 Å². The zero-order valence-electron chi connectivity index (χ0n) is 10.6. The lowest BCUT2D eigenvalue weighted by atomic mass is 10.0. The van der Waals surface area contributed by atoms with Gasteiger partial charge in [-0.15, -0.1) is 0 Å². The van der Waals surface area contributed by atoms with Crippen LogP contribution in [0.3, 0.4) is 0 Å². The van der Waals surface area contributed by atoms with Gasteiger partial charge in [0, 0.05) is 30.4 Å². The van der Waals surface area contributed by atoms with Crippen LogP contribution in [0.15, 0.2) is 18.2 Å². The Labute approximate surface area is 103 Å². The van der Waals surface area contributed by atoms with Crippen molar-refractivity contribution in [2.24, 2.45) is 11.7 Å². The number of nitrogens with zero attached hydrogens (tertiary/aromatic N) is 1. The summed E-state index contributed by atoms with van der Waals surface area (Å²) in [5, 5.41) is 0. The van der Waals surface area contributed by atoms with E-state index in [1.165, 1.54) is 18.9 Å². The van der Waals surface area contributed by atoms with Crippen molar-refractivity contribution in [3.8, 4) is 0 Å². The Morgan fingerprint density at radius 3 is 2.88 bits per heavy atom. The van der Waals surface area contributed by atoms with E-state index in [4.69, 9.17) is 5.73 Å². The highest BCUT2D eigenvalue weighted by atomic mass is 19.1. The van der Waals surface area contributed by atoms with E-state index >= 15 is 0 Å². The molecule has 1 fully saturated rings. The van der Waals surface area contributed by atoms with Crippen molar-refractivity contribution in [1.29, 1.82) is 0 Å². The molecule has 1 saturated heterocycles. The fourth-order valence-electron chi connectivity index (χ4n) is 2.64. The number of benzene rings is 1. The average Bonchev–Trinajstić information content (AvgIpc) is 2.76. The molecule has 94 valence electrons. The quantitative estimate of drug-likeness (QED) is 0.874. The summed E-state index contributed by atoms with van der Waals surface area (Å²) in [6, 6.07) is 5.00. The second-order valence-corrected chi connectivity index (χ2v) is 4.97. The van der Waals surface area contributed by atoms with E-state index < -0.39 is 0 Å². The third kappa shape index (κ3) is 2.44. The second kappa shape index (κ2) is 5.05. The van der Waals surface area contributed by atoms with E-state index in [1.807, 2.05) is 13.0 Å². The molecule has 2 N–H and O–H groups in total. The Bertz CT molecular complexity index is 390. The highest BCUT2D eigenvalue weighted by Crippen LogP contribution is 2.32. The molecule has 2 atom stereocenters. The molecule has 0 amide bonds. The van der Waals surface area contributed by atoms with E-state index in [0.29, 0.717) is 5.56 Å². The zero-order chi connectivity index (χ0) is 12.4.